The van der Waals surface area contributed by atoms with Crippen LogP contribution < -0.4 is 5.73 Å². The molecule has 4 heteroatoms. The molecular weight excluding hydrogens is 270 g/mol. The van der Waals surface area contributed by atoms with Crippen molar-refractivity contribution in [1.82, 2.24) is 0 Å². The van der Waals surface area contributed by atoms with E-state index in [1.807, 2.05) is 12.1 Å². The second-order valence-corrected chi connectivity index (χ2v) is 4.90. The summed E-state index contributed by atoms with van der Waals surface area (Å²) < 4.78 is 6.21. The van der Waals surface area contributed by atoms with Crippen LogP contribution in [0.15, 0.2) is 22.7 Å². The summed E-state index contributed by atoms with van der Waals surface area (Å²) in [6.07, 6.45) is 1.92. The van der Waals surface area contributed by atoms with Crippen molar-refractivity contribution >= 4 is 21.8 Å². The molecule has 0 aliphatic carbocycles. The van der Waals surface area contributed by atoms with Gasteiger partial charge in [0, 0.05) is 23.2 Å². The number of amides is 1. The summed E-state index contributed by atoms with van der Waals surface area (Å²) in [5.41, 5.74) is 7.08. The van der Waals surface area contributed by atoms with E-state index in [4.69, 9.17) is 10.5 Å². The van der Waals surface area contributed by atoms with Crippen LogP contribution in [0.2, 0.25) is 0 Å². The Morgan fingerprint density at radius 2 is 2.06 bits per heavy atom. The van der Waals surface area contributed by atoms with Crippen LogP contribution in [0.3, 0.4) is 0 Å². The van der Waals surface area contributed by atoms with E-state index in [0.717, 1.165) is 36.1 Å². The normalized spacial score (nSPS) is 17.3. The largest absolute Gasteiger partial charge is 0.381 e. The fourth-order valence-electron chi connectivity index (χ4n) is 2.11. The van der Waals surface area contributed by atoms with Crippen molar-refractivity contribution in [3.05, 3.63) is 33.8 Å². The summed E-state index contributed by atoms with van der Waals surface area (Å²) in [4.78, 5) is 11.4. The molecule has 0 saturated carbocycles. The number of halogens is 1. The van der Waals surface area contributed by atoms with E-state index in [9.17, 15) is 4.79 Å². The average Bonchev–Trinajstić information content (AvgIpc) is 2.30. The molecular formula is C12H14BrNO2. The number of ether oxygens (including phenoxy) is 1. The topological polar surface area (TPSA) is 52.3 Å². The number of carbonyl (C=O) groups excluding carboxylic acids is 1. The van der Waals surface area contributed by atoms with Gasteiger partial charge in [-0.25, -0.2) is 0 Å². The van der Waals surface area contributed by atoms with Gasteiger partial charge in [-0.05, 0) is 36.5 Å². The second-order valence-electron chi connectivity index (χ2n) is 3.98. The van der Waals surface area contributed by atoms with Crippen molar-refractivity contribution in [2.45, 2.75) is 18.8 Å². The van der Waals surface area contributed by atoms with E-state index in [1.165, 1.54) is 0 Å². The fraction of sp³-hybridized carbons (Fsp3) is 0.417. The quantitative estimate of drug-likeness (QED) is 0.906. The molecule has 1 aromatic carbocycles. The molecule has 2 N–H and O–H groups in total. The summed E-state index contributed by atoms with van der Waals surface area (Å²) in [6.45, 7) is 1.53. The molecule has 2 rings (SSSR count). The highest BCUT2D eigenvalue weighted by atomic mass is 79.9. The van der Waals surface area contributed by atoms with Gasteiger partial charge in [0.2, 0.25) is 5.91 Å². The molecule has 1 aromatic rings. The van der Waals surface area contributed by atoms with Crippen molar-refractivity contribution in [3.63, 3.8) is 0 Å². The molecule has 0 spiro atoms. The lowest BCUT2D eigenvalue weighted by molar-refractivity contribution is 0.0845. The SMILES string of the molecule is NC(=O)c1cc(Br)ccc1C1CCOCC1. The first-order valence-electron chi connectivity index (χ1n) is 5.35. The van der Waals surface area contributed by atoms with Crippen molar-refractivity contribution in [3.8, 4) is 0 Å². The average molecular weight is 284 g/mol. The molecule has 3 nitrogen and oxygen atoms in total. The van der Waals surface area contributed by atoms with Gasteiger partial charge in [-0.15, -0.1) is 0 Å². The number of hydrogen-bond acceptors (Lipinski definition) is 2. The summed E-state index contributed by atoms with van der Waals surface area (Å²) >= 11 is 3.36. The molecule has 0 unspecified atom stereocenters. The third kappa shape index (κ3) is 2.44. The predicted molar refractivity (Wildman–Crippen MR) is 65.5 cm³/mol. The first-order valence-corrected chi connectivity index (χ1v) is 6.15. The zero-order valence-electron chi connectivity index (χ0n) is 8.91. The third-order valence-electron chi connectivity index (χ3n) is 2.94. The van der Waals surface area contributed by atoms with Crippen LogP contribution >= 0.6 is 15.9 Å². The summed E-state index contributed by atoms with van der Waals surface area (Å²) in [6, 6.07) is 5.74. The van der Waals surface area contributed by atoms with E-state index in [0.29, 0.717) is 11.5 Å². The Hall–Kier alpha value is -0.870. The maximum atomic E-state index is 11.4. The summed E-state index contributed by atoms with van der Waals surface area (Å²) in [5, 5.41) is 0. The lowest BCUT2D eigenvalue weighted by atomic mass is 9.88. The van der Waals surface area contributed by atoms with Gasteiger partial charge in [-0.2, -0.15) is 0 Å². The Bertz CT molecular complexity index is 400. The van der Waals surface area contributed by atoms with E-state index in [1.54, 1.807) is 6.07 Å². The minimum Gasteiger partial charge on any atom is -0.381 e. The van der Waals surface area contributed by atoms with Crippen molar-refractivity contribution in [2.24, 2.45) is 5.73 Å². The number of hydrogen-bond donors (Lipinski definition) is 1. The Labute approximate surface area is 103 Å². The highest BCUT2D eigenvalue weighted by Crippen LogP contribution is 2.30. The monoisotopic (exact) mass is 283 g/mol. The molecule has 1 aliphatic heterocycles. The predicted octanol–water partition coefficient (Wildman–Crippen LogP) is 2.44. The lowest BCUT2D eigenvalue weighted by Crippen LogP contribution is -2.19. The van der Waals surface area contributed by atoms with Gasteiger partial charge in [-0.3, -0.25) is 4.79 Å². The van der Waals surface area contributed by atoms with Crippen LogP contribution in [0.4, 0.5) is 0 Å². The Morgan fingerprint density at radius 3 is 2.69 bits per heavy atom. The standard InChI is InChI=1S/C12H14BrNO2/c13-9-1-2-10(11(7-9)12(14)15)8-3-5-16-6-4-8/h1-2,7-8H,3-6H2,(H2,14,15). The van der Waals surface area contributed by atoms with Crippen LogP contribution in [0.1, 0.15) is 34.7 Å². The van der Waals surface area contributed by atoms with Crippen molar-refractivity contribution in [1.29, 1.82) is 0 Å². The molecule has 1 amide bonds. The zero-order valence-corrected chi connectivity index (χ0v) is 10.5. The highest BCUT2D eigenvalue weighted by Gasteiger charge is 2.20. The van der Waals surface area contributed by atoms with Crippen LogP contribution in [0.5, 0.6) is 0 Å². The molecule has 0 radical (unpaired) electrons. The van der Waals surface area contributed by atoms with E-state index in [-0.39, 0.29) is 5.91 Å². The molecule has 86 valence electrons. The van der Waals surface area contributed by atoms with Gasteiger partial charge in [0.05, 0.1) is 0 Å². The number of primary amides is 1. The van der Waals surface area contributed by atoms with Gasteiger partial charge < -0.3 is 10.5 Å². The maximum Gasteiger partial charge on any atom is 0.249 e. The Balaban J connectivity index is 2.34. The smallest absolute Gasteiger partial charge is 0.249 e. The maximum absolute atomic E-state index is 11.4. The number of rotatable bonds is 2. The van der Waals surface area contributed by atoms with Crippen LogP contribution in [-0.4, -0.2) is 19.1 Å². The van der Waals surface area contributed by atoms with E-state index < -0.39 is 0 Å². The van der Waals surface area contributed by atoms with Crippen LogP contribution in [0.25, 0.3) is 0 Å². The van der Waals surface area contributed by atoms with Crippen molar-refractivity contribution in [2.75, 3.05) is 13.2 Å². The number of carbonyl (C=O) groups is 1. The Kier molecular flexibility index (Phi) is 3.61. The number of nitrogens with two attached hydrogens (primary N) is 1. The van der Waals surface area contributed by atoms with Crippen LogP contribution in [0, 0.1) is 0 Å². The van der Waals surface area contributed by atoms with E-state index >= 15 is 0 Å². The first-order chi connectivity index (χ1) is 7.68. The molecule has 16 heavy (non-hydrogen) atoms. The zero-order chi connectivity index (χ0) is 11.5. The molecule has 0 bridgehead atoms. The lowest BCUT2D eigenvalue weighted by Gasteiger charge is -2.24. The minimum absolute atomic E-state index is 0.359. The van der Waals surface area contributed by atoms with Crippen molar-refractivity contribution < 1.29 is 9.53 Å². The third-order valence-corrected chi connectivity index (χ3v) is 3.44. The highest BCUT2D eigenvalue weighted by molar-refractivity contribution is 9.10. The molecule has 1 fully saturated rings. The van der Waals surface area contributed by atoms with E-state index in [2.05, 4.69) is 15.9 Å². The Morgan fingerprint density at radius 1 is 1.38 bits per heavy atom. The fourth-order valence-corrected chi connectivity index (χ4v) is 2.47. The molecule has 0 atom stereocenters. The molecule has 0 aromatic heterocycles. The van der Waals surface area contributed by atoms with Gasteiger partial charge in [0.25, 0.3) is 0 Å². The summed E-state index contributed by atoms with van der Waals surface area (Å²) in [7, 11) is 0. The second kappa shape index (κ2) is 4.97. The van der Waals surface area contributed by atoms with Gasteiger partial charge >= 0.3 is 0 Å². The summed E-state index contributed by atoms with van der Waals surface area (Å²) in [5.74, 6) is 0.0344. The molecule has 1 aliphatic rings. The minimum atomic E-state index is -0.359. The first kappa shape index (κ1) is 11.6. The van der Waals surface area contributed by atoms with Crippen LogP contribution in [-0.2, 0) is 4.74 Å². The van der Waals surface area contributed by atoms with Gasteiger partial charge in [-0.1, -0.05) is 22.0 Å². The van der Waals surface area contributed by atoms with Gasteiger partial charge in [0.1, 0.15) is 0 Å². The van der Waals surface area contributed by atoms with Gasteiger partial charge in [0.15, 0.2) is 0 Å². The number of benzene rings is 1. The molecule has 1 heterocycles. The molecule has 1 saturated heterocycles.